The first-order valence-corrected chi connectivity index (χ1v) is 8.22. The minimum absolute atomic E-state index is 0.112. The van der Waals surface area contributed by atoms with Crippen molar-refractivity contribution in [2.45, 2.75) is 4.90 Å². The summed E-state index contributed by atoms with van der Waals surface area (Å²) in [6, 6.07) is 9.37. The van der Waals surface area contributed by atoms with Gasteiger partial charge >= 0.3 is 0 Å². The maximum Gasteiger partial charge on any atom is 0.265 e. The van der Waals surface area contributed by atoms with E-state index in [2.05, 4.69) is 21.2 Å². The Hall–Kier alpha value is -1.22. The molecule has 2 rings (SSSR count). The van der Waals surface area contributed by atoms with Crippen LogP contribution in [0.25, 0.3) is 0 Å². The molecule has 0 aliphatic rings. The van der Waals surface area contributed by atoms with Gasteiger partial charge in [0.15, 0.2) is 0 Å². The number of hydrogen-bond donors (Lipinski definition) is 2. The highest BCUT2D eigenvalue weighted by atomic mass is 79.9. The Labute approximate surface area is 122 Å². The SMILES string of the molecule is NS(=O)(=O)c1ccccc1NC(=O)c1ccc(Br)s1. The van der Waals surface area contributed by atoms with E-state index < -0.39 is 10.0 Å². The molecule has 1 aromatic carbocycles. The summed E-state index contributed by atoms with van der Waals surface area (Å²) < 4.78 is 23.6. The van der Waals surface area contributed by atoms with Gasteiger partial charge in [0.25, 0.3) is 5.91 Å². The maximum atomic E-state index is 11.9. The van der Waals surface area contributed by atoms with E-state index in [9.17, 15) is 13.2 Å². The van der Waals surface area contributed by atoms with Crippen molar-refractivity contribution < 1.29 is 13.2 Å². The van der Waals surface area contributed by atoms with Crippen LogP contribution in [-0.4, -0.2) is 14.3 Å². The highest BCUT2D eigenvalue weighted by Gasteiger charge is 2.16. The number of halogens is 1. The van der Waals surface area contributed by atoms with Gasteiger partial charge in [-0.15, -0.1) is 11.3 Å². The molecule has 0 unspecified atom stereocenters. The first kappa shape index (κ1) is 14.2. The van der Waals surface area contributed by atoms with Crippen LogP contribution in [0.5, 0.6) is 0 Å². The first-order chi connectivity index (χ1) is 8.88. The molecule has 8 heteroatoms. The van der Waals surface area contributed by atoms with Crippen LogP contribution in [0, 0.1) is 0 Å². The van der Waals surface area contributed by atoms with Gasteiger partial charge in [0.2, 0.25) is 10.0 Å². The Kier molecular flexibility index (Phi) is 4.04. The van der Waals surface area contributed by atoms with Crippen molar-refractivity contribution in [2.75, 3.05) is 5.32 Å². The predicted octanol–water partition coefficient (Wildman–Crippen LogP) is 2.41. The number of nitrogens with two attached hydrogens (primary N) is 1. The lowest BCUT2D eigenvalue weighted by molar-refractivity contribution is 0.103. The van der Waals surface area contributed by atoms with Crippen molar-refractivity contribution in [3.8, 4) is 0 Å². The molecule has 19 heavy (non-hydrogen) atoms. The van der Waals surface area contributed by atoms with Crippen LogP contribution in [0.2, 0.25) is 0 Å². The number of sulfonamides is 1. The third-order valence-electron chi connectivity index (χ3n) is 2.24. The molecule has 0 fully saturated rings. The summed E-state index contributed by atoms with van der Waals surface area (Å²) >= 11 is 4.51. The van der Waals surface area contributed by atoms with Gasteiger partial charge in [0.1, 0.15) is 4.90 Å². The number of hydrogen-bond acceptors (Lipinski definition) is 4. The van der Waals surface area contributed by atoms with Gasteiger partial charge in [0, 0.05) is 0 Å². The van der Waals surface area contributed by atoms with Crippen LogP contribution >= 0.6 is 27.3 Å². The fourth-order valence-electron chi connectivity index (χ4n) is 1.44. The summed E-state index contributed by atoms with van der Waals surface area (Å²) in [4.78, 5) is 12.3. The normalized spacial score (nSPS) is 11.3. The molecule has 2 aromatic rings. The molecule has 0 bridgehead atoms. The summed E-state index contributed by atoms with van der Waals surface area (Å²) in [7, 11) is -3.88. The van der Waals surface area contributed by atoms with Crippen molar-refractivity contribution in [3.05, 3.63) is 45.1 Å². The molecule has 5 nitrogen and oxygen atoms in total. The molecule has 1 heterocycles. The summed E-state index contributed by atoms with van der Waals surface area (Å²) in [5, 5.41) is 7.63. The summed E-state index contributed by atoms with van der Waals surface area (Å²) in [5.41, 5.74) is 0.166. The van der Waals surface area contributed by atoms with Gasteiger partial charge in [-0.1, -0.05) is 12.1 Å². The third kappa shape index (κ3) is 3.41. The lowest BCUT2D eigenvalue weighted by Crippen LogP contribution is -2.17. The second kappa shape index (κ2) is 5.41. The van der Waals surface area contributed by atoms with E-state index in [4.69, 9.17) is 5.14 Å². The molecule has 0 aliphatic heterocycles. The molecule has 0 aliphatic carbocycles. The number of benzene rings is 1. The summed E-state index contributed by atoms with van der Waals surface area (Å²) in [6.07, 6.45) is 0. The minimum Gasteiger partial charge on any atom is -0.320 e. The van der Waals surface area contributed by atoms with Crippen LogP contribution in [0.3, 0.4) is 0 Å². The number of thiophene rings is 1. The molecule has 1 aromatic heterocycles. The Bertz CT molecular complexity index is 725. The highest BCUT2D eigenvalue weighted by molar-refractivity contribution is 9.11. The molecular weight excluding hydrogens is 352 g/mol. The van der Waals surface area contributed by atoms with Crippen molar-refractivity contribution >= 4 is 48.9 Å². The van der Waals surface area contributed by atoms with Gasteiger partial charge in [-0.2, -0.15) is 0 Å². The molecule has 0 radical (unpaired) electrons. The highest BCUT2D eigenvalue weighted by Crippen LogP contribution is 2.24. The minimum atomic E-state index is -3.88. The van der Waals surface area contributed by atoms with Crippen LogP contribution < -0.4 is 10.5 Å². The molecule has 0 atom stereocenters. The molecule has 100 valence electrons. The van der Waals surface area contributed by atoms with Gasteiger partial charge in [0.05, 0.1) is 14.4 Å². The van der Waals surface area contributed by atoms with E-state index in [0.717, 1.165) is 3.79 Å². The molecule has 1 amide bonds. The average Bonchev–Trinajstić information content (AvgIpc) is 2.75. The van der Waals surface area contributed by atoms with Crippen LogP contribution in [-0.2, 0) is 10.0 Å². The van der Waals surface area contributed by atoms with E-state index in [1.807, 2.05) is 0 Å². The second-order valence-electron chi connectivity index (χ2n) is 3.60. The van der Waals surface area contributed by atoms with Crippen LogP contribution in [0.15, 0.2) is 45.1 Å². The number of carbonyl (C=O) groups is 1. The fraction of sp³-hybridized carbons (Fsp3) is 0. The Morgan fingerprint density at radius 2 is 1.89 bits per heavy atom. The molecule has 0 spiro atoms. The topological polar surface area (TPSA) is 89.3 Å². The third-order valence-corrected chi connectivity index (χ3v) is 4.83. The Morgan fingerprint density at radius 3 is 2.47 bits per heavy atom. The van der Waals surface area contributed by atoms with E-state index in [-0.39, 0.29) is 16.5 Å². The number of nitrogens with one attached hydrogen (secondary N) is 1. The molecular formula is C11H9BrN2O3S2. The summed E-state index contributed by atoms with van der Waals surface area (Å²) in [5.74, 6) is -0.383. The van der Waals surface area contributed by atoms with Gasteiger partial charge < -0.3 is 5.32 Å². The Morgan fingerprint density at radius 1 is 1.21 bits per heavy atom. The van der Waals surface area contributed by atoms with E-state index >= 15 is 0 Å². The second-order valence-corrected chi connectivity index (χ2v) is 7.59. The van der Waals surface area contributed by atoms with E-state index in [1.165, 1.54) is 29.5 Å². The summed E-state index contributed by atoms with van der Waals surface area (Å²) in [6.45, 7) is 0. The number of anilines is 1. The zero-order valence-electron chi connectivity index (χ0n) is 9.46. The zero-order chi connectivity index (χ0) is 14.0. The quantitative estimate of drug-likeness (QED) is 0.880. The zero-order valence-corrected chi connectivity index (χ0v) is 12.7. The number of rotatable bonds is 3. The molecule has 0 saturated heterocycles. The van der Waals surface area contributed by atoms with Gasteiger partial charge in [-0.05, 0) is 40.2 Å². The molecule has 3 N–H and O–H groups in total. The van der Waals surface area contributed by atoms with Crippen molar-refractivity contribution in [2.24, 2.45) is 5.14 Å². The monoisotopic (exact) mass is 360 g/mol. The van der Waals surface area contributed by atoms with Crippen molar-refractivity contribution in [1.82, 2.24) is 0 Å². The first-order valence-electron chi connectivity index (χ1n) is 5.06. The van der Waals surface area contributed by atoms with Crippen LogP contribution in [0.4, 0.5) is 5.69 Å². The van der Waals surface area contributed by atoms with Crippen molar-refractivity contribution in [1.29, 1.82) is 0 Å². The predicted molar refractivity (Wildman–Crippen MR) is 77.8 cm³/mol. The number of amides is 1. The average molecular weight is 361 g/mol. The lowest BCUT2D eigenvalue weighted by Gasteiger charge is -2.08. The smallest absolute Gasteiger partial charge is 0.265 e. The fourth-order valence-corrected chi connectivity index (χ4v) is 3.41. The van der Waals surface area contributed by atoms with E-state index in [0.29, 0.717) is 4.88 Å². The maximum absolute atomic E-state index is 11.9. The van der Waals surface area contributed by atoms with Crippen molar-refractivity contribution in [3.63, 3.8) is 0 Å². The molecule has 0 saturated carbocycles. The number of carbonyl (C=O) groups excluding carboxylic acids is 1. The van der Waals surface area contributed by atoms with Gasteiger partial charge in [-0.25, -0.2) is 13.6 Å². The number of primary sulfonamides is 1. The van der Waals surface area contributed by atoms with E-state index in [1.54, 1.807) is 18.2 Å². The Balaban J connectivity index is 2.32. The van der Waals surface area contributed by atoms with Gasteiger partial charge in [-0.3, -0.25) is 4.79 Å². The largest absolute Gasteiger partial charge is 0.320 e. The standard InChI is InChI=1S/C11H9BrN2O3S2/c12-10-6-5-8(18-10)11(15)14-7-3-1-2-4-9(7)19(13,16)17/h1-6H,(H,14,15)(H2,13,16,17). The lowest BCUT2D eigenvalue weighted by atomic mass is 10.3. The number of para-hydroxylation sites is 1. The van der Waals surface area contributed by atoms with Crippen LogP contribution in [0.1, 0.15) is 9.67 Å².